The zero-order valence-corrected chi connectivity index (χ0v) is 12.6. The van der Waals surface area contributed by atoms with Crippen LogP contribution in [0.1, 0.15) is 47.5 Å². The van der Waals surface area contributed by atoms with Gasteiger partial charge in [0, 0.05) is 13.1 Å². The van der Waals surface area contributed by atoms with Gasteiger partial charge in [-0.05, 0) is 49.7 Å². The van der Waals surface area contributed by atoms with Crippen molar-refractivity contribution in [2.45, 2.75) is 47.5 Å². The lowest BCUT2D eigenvalue weighted by molar-refractivity contribution is 0.104. The molecule has 0 aliphatic carbocycles. The molecule has 1 fully saturated rings. The second kappa shape index (κ2) is 6.75. The minimum Gasteiger partial charge on any atom is -0.316 e. The minimum atomic E-state index is 0.531. The molecule has 1 aliphatic heterocycles. The summed E-state index contributed by atoms with van der Waals surface area (Å²) in [6, 6.07) is 0. The maximum absolute atomic E-state index is 3.57. The van der Waals surface area contributed by atoms with Gasteiger partial charge in [-0.25, -0.2) is 0 Å². The van der Waals surface area contributed by atoms with Crippen LogP contribution in [0.5, 0.6) is 0 Å². The molecule has 1 N–H and O–H groups in total. The van der Waals surface area contributed by atoms with E-state index in [1.165, 1.54) is 32.5 Å². The quantitative estimate of drug-likeness (QED) is 0.768. The van der Waals surface area contributed by atoms with Gasteiger partial charge in [0.25, 0.3) is 0 Å². The fraction of sp³-hybridized carbons (Fsp3) is 1.00. The maximum atomic E-state index is 3.57. The Labute approximate surface area is 108 Å². The molecular formula is C15H32N2. The Kier molecular flexibility index (Phi) is 5.94. The number of rotatable bonds is 6. The van der Waals surface area contributed by atoms with Crippen LogP contribution in [0.3, 0.4) is 0 Å². The van der Waals surface area contributed by atoms with Crippen molar-refractivity contribution < 1.29 is 0 Å². The van der Waals surface area contributed by atoms with E-state index >= 15 is 0 Å². The molecule has 102 valence electrons. The Balaban J connectivity index is 2.19. The first kappa shape index (κ1) is 15.0. The summed E-state index contributed by atoms with van der Waals surface area (Å²) in [5.74, 6) is 1.53. The molecule has 0 bridgehead atoms. The topological polar surface area (TPSA) is 15.3 Å². The fourth-order valence-electron chi connectivity index (χ4n) is 2.82. The van der Waals surface area contributed by atoms with Gasteiger partial charge in [0.05, 0.1) is 0 Å². The van der Waals surface area contributed by atoms with Crippen molar-refractivity contribution in [1.29, 1.82) is 0 Å². The van der Waals surface area contributed by atoms with E-state index in [0.717, 1.165) is 24.9 Å². The van der Waals surface area contributed by atoms with E-state index in [1.54, 1.807) is 0 Å². The first-order valence-corrected chi connectivity index (χ1v) is 7.32. The van der Waals surface area contributed by atoms with Crippen LogP contribution >= 0.6 is 0 Å². The zero-order chi connectivity index (χ0) is 12.9. The molecule has 1 unspecified atom stereocenters. The highest BCUT2D eigenvalue weighted by atomic mass is 15.1. The number of likely N-dealkylation sites (tertiary alicyclic amines) is 1. The predicted molar refractivity (Wildman–Crippen MR) is 76.3 cm³/mol. The van der Waals surface area contributed by atoms with Crippen LogP contribution in [0, 0.1) is 17.3 Å². The van der Waals surface area contributed by atoms with Gasteiger partial charge in [-0.2, -0.15) is 0 Å². The van der Waals surface area contributed by atoms with Crippen LogP contribution in [0.2, 0.25) is 0 Å². The van der Waals surface area contributed by atoms with Gasteiger partial charge < -0.3 is 10.2 Å². The molecule has 0 amide bonds. The normalized spacial score (nSPS) is 22.9. The highest BCUT2D eigenvalue weighted by Crippen LogP contribution is 2.28. The summed E-state index contributed by atoms with van der Waals surface area (Å²) in [5, 5.41) is 3.57. The first-order chi connectivity index (χ1) is 7.89. The Bertz CT molecular complexity index is 211. The van der Waals surface area contributed by atoms with Crippen molar-refractivity contribution in [3.8, 4) is 0 Å². The van der Waals surface area contributed by atoms with Crippen molar-refractivity contribution in [2.75, 3.05) is 32.7 Å². The van der Waals surface area contributed by atoms with E-state index < -0.39 is 0 Å². The lowest BCUT2D eigenvalue weighted by Gasteiger charge is -2.39. The molecule has 0 aromatic rings. The van der Waals surface area contributed by atoms with Crippen LogP contribution in [0.15, 0.2) is 0 Å². The second-order valence-corrected chi connectivity index (χ2v) is 7.16. The van der Waals surface area contributed by atoms with Gasteiger partial charge in [0.1, 0.15) is 0 Å². The largest absolute Gasteiger partial charge is 0.316 e. The van der Waals surface area contributed by atoms with Gasteiger partial charge in [-0.15, -0.1) is 0 Å². The summed E-state index contributed by atoms with van der Waals surface area (Å²) in [6.07, 6.45) is 2.77. The highest BCUT2D eigenvalue weighted by molar-refractivity contribution is 4.80. The summed E-state index contributed by atoms with van der Waals surface area (Å²) in [4.78, 5) is 2.66. The van der Waals surface area contributed by atoms with E-state index in [1.807, 2.05) is 0 Å². The Hall–Kier alpha value is -0.0800. The molecule has 1 rings (SSSR count). The second-order valence-electron chi connectivity index (χ2n) is 7.16. The van der Waals surface area contributed by atoms with Crippen LogP contribution < -0.4 is 5.32 Å². The first-order valence-electron chi connectivity index (χ1n) is 7.32. The molecule has 1 heterocycles. The lowest BCUT2D eigenvalue weighted by Crippen LogP contribution is -2.43. The molecule has 0 aromatic heterocycles. The third-order valence-corrected chi connectivity index (χ3v) is 3.59. The molecule has 17 heavy (non-hydrogen) atoms. The van der Waals surface area contributed by atoms with Crippen molar-refractivity contribution in [3.63, 3.8) is 0 Å². The molecule has 0 aromatic carbocycles. The van der Waals surface area contributed by atoms with Crippen LogP contribution in [0.25, 0.3) is 0 Å². The summed E-state index contributed by atoms with van der Waals surface area (Å²) in [6.45, 7) is 17.9. The van der Waals surface area contributed by atoms with Crippen molar-refractivity contribution >= 4 is 0 Å². The highest BCUT2D eigenvalue weighted by Gasteiger charge is 2.26. The Morgan fingerprint density at radius 2 is 1.88 bits per heavy atom. The van der Waals surface area contributed by atoms with Gasteiger partial charge in [-0.3, -0.25) is 0 Å². The van der Waals surface area contributed by atoms with E-state index in [-0.39, 0.29) is 0 Å². The smallest absolute Gasteiger partial charge is 0.00328 e. The Morgan fingerprint density at radius 3 is 2.47 bits per heavy atom. The van der Waals surface area contributed by atoms with Gasteiger partial charge in [0.2, 0.25) is 0 Å². The molecule has 0 radical (unpaired) electrons. The van der Waals surface area contributed by atoms with Gasteiger partial charge in [0.15, 0.2) is 0 Å². The zero-order valence-electron chi connectivity index (χ0n) is 12.6. The number of piperidine rings is 1. The average Bonchev–Trinajstić information content (AvgIpc) is 2.14. The molecular weight excluding hydrogens is 208 g/mol. The van der Waals surface area contributed by atoms with Gasteiger partial charge >= 0.3 is 0 Å². The molecule has 0 spiro atoms. The summed E-state index contributed by atoms with van der Waals surface area (Å²) in [5.41, 5.74) is 0.531. The minimum absolute atomic E-state index is 0.531. The average molecular weight is 240 g/mol. The van der Waals surface area contributed by atoms with Crippen LogP contribution in [0.4, 0.5) is 0 Å². The fourth-order valence-corrected chi connectivity index (χ4v) is 2.82. The van der Waals surface area contributed by atoms with Crippen molar-refractivity contribution in [2.24, 2.45) is 17.3 Å². The standard InChI is InChI=1S/C15H32N2/c1-13(2)9-16-10-14(3)11-17-8-6-7-15(4,5)12-17/h13-14,16H,6-12H2,1-5H3. The molecule has 1 aliphatic rings. The molecule has 1 saturated heterocycles. The monoisotopic (exact) mass is 240 g/mol. The number of hydrogen-bond donors (Lipinski definition) is 1. The molecule has 2 nitrogen and oxygen atoms in total. The van der Waals surface area contributed by atoms with E-state index in [9.17, 15) is 0 Å². The van der Waals surface area contributed by atoms with Crippen molar-refractivity contribution in [1.82, 2.24) is 10.2 Å². The third kappa shape index (κ3) is 6.42. The predicted octanol–water partition coefficient (Wildman–Crippen LogP) is 2.99. The van der Waals surface area contributed by atoms with Crippen molar-refractivity contribution in [3.05, 3.63) is 0 Å². The van der Waals surface area contributed by atoms with E-state index in [0.29, 0.717) is 5.41 Å². The summed E-state index contributed by atoms with van der Waals surface area (Å²) < 4.78 is 0. The number of nitrogens with zero attached hydrogens (tertiary/aromatic N) is 1. The summed E-state index contributed by atoms with van der Waals surface area (Å²) >= 11 is 0. The lowest BCUT2D eigenvalue weighted by atomic mass is 9.84. The third-order valence-electron chi connectivity index (χ3n) is 3.59. The number of hydrogen-bond acceptors (Lipinski definition) is 2. The number of nitrogens with one attached hydrogen (secondary N) is 1. The van der Waals surface area contributed by atoms with E-state index in [4.69, 9.17) is 0 Å². The van der Waals surface area contributed by atoms with E-state index in [2.05, 4.69) is 44.8 Å². The summed E-state index contributed by atoms with van der Waals surface area (Å²) in [7, 11) is 0. The van der Waals surface area contributed by atoms with Crippen LogP contribution in [-0.4, -0.2) is 37.6 Å². The van der Waals surface area contributed by atoms with Gasteiger partial charge in [-0.1, -0.05) is 34.6 Å². The molecule has 1 atom stereocenters. The van der Waals surface area contributed by atoms with Crippen LogP contribution in [-0.2, 0) is 0 Å². The molecule has 2 heteroatoms. The molecule has 0 saturated carbocycles. The maximum Gasteiger partial charge on any atom is 0.00328 e. The SMILES string of the molecule is CC(C)CNCC(C)CN1CCCC(C)(C)C1. The Morgan fingerprint density at radius 1 is 1.18 bits per heavy atom.